The molecule has 0 fully saturated rings. The summed E-state index contributed by atoms with van der Waals surface area (Å²) in [7, 11) is -4.47. The Balaban J connectivity index is 0.00000650. The predicted octanol–water partition coefficient (Wildman–Crippen LogP) is 4.33. The second-order valence-electron chi connectivity index (χ2n) is 10.9. The molecule has 2 aromatic heterocycles. The molecule has 1 amide bonds. The monoisotopic (exact) mass is 733 g/mol. The van der Waals surface area contributed by atoms with E-state index in [1.54, 1.807) is 32.0 Å². The van der Waals surface area contributed by atoms with Crippen LogP contribution >= 0.6 is 0 Å². The topological polar surface area (TPSA) is 173 Å². The number of rotatable bonds is 15. The molecule has 259 valence electrons. The molecule has 4 rings (SSSR count). The Morgan fingerprint density at radius 1 is 1.12 bits per heavy atom. The first-order valence-electron chi connectivity index (χ1n) is 14.6. The Labute approximate surface area is 305 Å². The third kappa shape index (κ3) is 10.3. The number of carbonyl (C=O) groups excluding carboxylic acids is 1. The van der Waals surface area contributed by atoms with Gasteiger partial charge in [0.25, 0.3) is 15.9 Å². The van der Waals surface area contributed by atoms with E-state index < -0.39 is 45.9 Å². The third-order valence-electron chi connectivity index (χ3n) is 6.99. The summed E-state index contributed by atoms with van der Waals surface area (Å²) in [5.74, 6) is -2.06. The Hall–Kier alpha value is -3.35. The van der Waals surface area contributed by atoms with E-state index in [4.69, 9.17) is 14.6 Å². The van der Waals surface area contributed by atoms with Crippen LogP contribution in [0.2, 0.25) is 0 Å². The first-order valence-corrected chi connectivity index (χ1v) is 17.3. The number of nitrogens with zero attached hydrogens (tertiary/aromatic N) is 3. The minimum atomic E-state index is -4.57. The smallest absolute Gasteiger partial charge is 0.422 e. The SMILES string of the molecule is Cc1c(OCC(F)(F)F)ccnc1C[S+]([O-])c1nc2ccccc2n1S(=O)(=O)c1ccc(OCC(=O)NCCCC(=O)O)cc1C(C)C.[Na]. The molecule has 1 atom stereocenters. The number of para-hydroxylation sites is 2. The predicted molar refractivity (Wildman–Crippen MR) is 175 cm³/mol. The molecular formula is C31H33F3N4NaO8S2. The van der Waals surface area contributed by atoms with Gasteiger partial charge in [-0.15, -0.1) is 0 Å². The summed E-state index contributed by atoms with van der Waals surface area (Å²) in [6.45, 7) is 3.23. The zero-order chi connectivity index (χ0) is 35.2. The fraction of sp³-hybridized carbons (Fsp3) is 0.355. The summed E-state index contributed by atoms with van der Waals surface area (Å²) in [5, 5.41) is 11.0. The van der Waals surface area contributed by atoms with Crippen LogP contribution in [-0.4, -0.2) is 99.4 Å². The van der Waals surface area contributed by atoms with Crippen LogP contribution < -0.4 is 14.8 Å². The van der Waals surface area contributed by atoms with Gasteiger partial charge >= 0.3 is 17.3 Å². The molecule has 0 aliphatic rings. The summed E-state index contributed by atoms with van der Waals surface area (Å²) in [6, 6.07) is 11.8. The van der Waals surface area contributed by atoms with Crippen LogP contribution in [0.3, 0.4) is 0 Å². The minimum Gasteiger partial charge on any atom is -0.609 e. The van der Waals surface area contributed by atoms with E-state index in [1.807, 2.05) is 0 Å². The van der Waals surface area contributed by atoms with Crippen molar-refractivity contribution in [3.05, 3.63) is 71.5 Å². The fourth-order valence-corrected chi connectivity index (χ4v) is 8.02. The molecule has 4 aromatic rings. The standard InChI is InChI=1S/C31H33F3N4O8S2.Na/c1-19(2)22-15-21(45-16-28(39)36-13-6-9-29(40)41)10-11-27(22)48(43,44)38-25-8-5-4-7-23(25)37-30(38)47(42)17-24-20(3)26(12-14-35-24)46-18-31(32,33)34;/h4-5,7-8,10-12,14-15,19H,6,9,13,16-18H2,1-3H3,(H,36,39)(H,40,41);. The number of benzene rings is 2. The Kier molecular flexibility index (Phi) is 13.9. The largest absolute Gasteiger partial charge is 0.609 e. The maximum atomic E-state index is 14.4. The van der Waals surface area contributed by atoms with E-state index in [-0.39, 0.29) is 111 Å². The average Bonchev–Trinajstić information content (AvgIpc) is 3.43. The van der Waals surface area contributed by atoms with Crippen molar-refractivity contribution < 1.29 is 50.3 Å². The van der Waals surface area contributed by atoms with Crippen LogP contribution in [0, 0.1) is 6.92 Å². The number of aromatic nitrogens is 3. The van der Waals surface area contributed by atoms with Gasteiger partial charge in [-0.3, -0.25) is 14.6 Å². The summed E-state index contributed by atoms with van der Waals surface area (Å²) in [6.07, 6.45) is -3.21. The first kappa shape index (κ1) is 40.1. The molecule has 2 aromatic carbocycles. The number of ether oxygens (including phenoxy) is 2. The number of halogens is 3. The van der Waals surface area contributed by atoms with Crippen molar-refractivity contribution in [2.75, 3.05) is 19.8 Å². The number of hydrogen-bond donors (Lipinski definition) is 2. The number of pyridine rings is 1. The van der Waals surface area contributed by atoms with Gasteiger partial charge < -0.3 is 24.4 Å². The van der Waals surface area contributed by atoms with Crippen LogP contribution in [0.1, 0.15) is 49.4 Å². The van der Waals surface area contributed by atoms with Crippen LogP contribution in [0.25, 0.3) is 11.0 Å². The maximum Gasteiger partial charge on any atom is 0.422 e. The molecule has 1 unspecified atom stereocenters. The molecule has 0 aliphatic carbocycles. The van der Waals surface area contributed by atoms with Gasteiger partial charge in [0, 0.05) is 65.5 Å². The van der Waals surface area contributed by atoms with Crippen LogP contribution in [0.5, 0.6) is 11.5 Å². The van der Waals surface area contributed by atoms with Crippen molar-refractivity contribution in [3.63, 3.8) is 0 Å². The van der Waals surface area contributed by atoms with Crippen LogP contribution in [0.4, 0.5) is 13.2 Å². The van der Waals surface area contributed by atoms with Crippen LogP contribution in [-0.2, 0) is 36.5 Å². The fourth-order valence-electron chi connectivity index (χ4n) is 4.63. The second-order valence-corrected chi connectivity index (χ2v) is 14.0. The van der Waals surface area contributed by atoms with Gasteiger partial charge in [-0.05, 0) is 61.2 Å². The van der Waals surface area contributed by atoms with Crippen molar-refractivity contribution in [1.82, 2.24) is 19.3 Å². The number of alkyl halides is 3. The number of nitrogens with one attached hydrogen (secondary N) is 1. The van der Waals surface area contributed by atoms with E-state index >= 15 is 0 Å². The summed E-state index contributed by atoms with van der Waals surface area (Å²) in [4.78, 5) is 31.2. The van der Waals surface area contributed by atoms with Gasteiger partial charge in [-0.1, -0.05) is 26.0 Å². The molecule has 2 N–H and O–H groups in total. The Bertz CT molecular complexity index is 1910. The van der Waals surface area contributed by atoms with E-state index in [0.29, 0.717) is 5.56 Å². The molecule has 0 saturated heterocycles. The zero-order valence-electron chi connectivity index (χ0n) is 27.1. The van der Waals surface area contributed by atoms with Crippen molar-refractivity contribution in [2.24, 2.45) is 0 Å². The number of fused-ring (bicyclic) bond motifs is 1. The zero-order valence-corrected chi connectivity index (χ0v) is 30.7. The average molecular weight is 734 g/mol. The number of amides is 1. The minimum absolute atomic E-state index is 0. The summed E-state index contributed by atoms with van der Waals surface area (Å²) in [5.41, 5.74) is 1.10. The van der Waals surface area contributed by atoms with Gasteiger partial charge in [-0.25, -0.2) is 8.42 Å². The van der Waals surface area contributed by atoms with Gasteiger partial charge in [0.05, 0.1) is 21.6 Å². The molecule has 12 nitrogen and oxygen atoms in total. The van der Waals surface area contributed by atoms with Crippen molar-refractivity contribution in [3.8, 4) is 11.5 Å². The summed E-state index contributed by atoms with van der Waals surface area (Å²) < 4.78 is 92.2. The molecular weight excluding hydrogens is 700 g/mol. The molecule has 2 heterocycles. The van der Waals surface area contributed by atoms with Crippen molar-refractivity contribution in [2.45, 2.75) is 61.5 Å². The summed E-state index contributed by atoms with van der Waals surface area (Å²) >= 11 is -2.14. The number of carbonyl (C=O) groups is 2. The normalized spacial score (nSPS) is 12.4. The molecule has 0 bridgehead atoms. The number of imidazole rings is 1. The van der Waals surface area contributed by atoms with E-state index in [1.165, 1.54) is 43.5 Å². The molecule has 1 radical (unpaired) electrons. The molecule has 18 heteroatoms. The van der Waals surface area contributed by atoms with E-state index in [9.17, 15) is 35.7 Å². The van der Waals surface area contributed by atoms with Gasteiger partial charge in [0.15, 0.2) is 19.0 Å². The quantitative estimate of drug-likeness (QED) is 0.102. The third-order valence-corrected chi connectivity index (χ3v) is 10.1. The Morgan fingerprint density at radius 2 is 1.84 bits per heavy atom. The van der Waals surface area contributed by atoms with Crippen molar-refractivity contribution in [1.29, 1.82) is 0 Å². The number of carboxylic acids is 1. The number of hydrogen-bond acceptors (Lipinski definition) is 9. The van der Waals surface area contributed by atoms with Gasteiger partial charge in [0.1, 0.15) is 11.5 Å². The van der Waals surface area contributed by atoms with Gasteiger partial charge in [0.2, 0.25) is 0 Å². The number of carboxylic acid groups (broad SMARTS) is 1. The van der Waals surface area contributed by atoms with E-state index in [2.05, 4.69) is 15.3 Å². The van der Waals surface area contributed by atoms with Crippen LogP contribution in [0.15, 0.2) is 64.8 Å². The van der Waals surface area contributed by atoms with Gasteiger partial charge in [-0.2, -0.15) is 22.1 Å². The molecule has 0 saturated carbocycles. The molecule has 0 aliphatic heterocycles. The molecule has 49 heavy (non-hydrogen) atoms. The van der Waals surface area contributed by atoms with E-state index in [0.717, 1.165) is 3.97 Å². The first-order chi connectivity index (χ1) is 22.6. The Morgan fingerprint density at radius 3 is 2.51 bits per heavy atom. The maximum absolute atomic E-state index is 14.4. The van der Waals surface area contributed by atoms with Crippen molar-refractivity contribution >= 4 is 73.7 Å². The number of aliphatic carboxylic acids is 1. The second kappa shape index (κ2) is 17.0. The molecule has 0 spiro atoms.